The van der Waals surface area contributed by atoms with Gasteiger partial charge in [-0.05, 0) is 24.6 Å². The summed E-state index contributed by atoms with van der Waals surface area (Å²) in [6, 6.07) is 16.1. The molecule has 0 saturated carbocycles. The third-order valence-electron chi connectivity index (χ3n) is 4.21. The topological polar surface area (TPSA) is 91.2 Å². The molecule has 27 heavy (non-hydrogen) atoms. The Hall–Kier alpha value is -3.13. The van der Waals surface area contributed by atoms with Crippen molar-refractivity contribution in [3.8, 4) is 0 Å². The van der Waals surface area contributed by atoms with Crippen LogP contribution in [0.3, 0.4) is 0 Å². The maximum atomic E-state index is 12.0. The normalized spacial score (nSPS) is 11.3. The predicted octanol–water partition coefficient (Wildman–Crippen LogP) is 4.23. The molecule has 4 rings (SSSR count). The monoisotopic (exact) mass is 381 g/mol. The minimum Gasteiger partial charge on any atom is -0.408 e. The van der Waals surface area contributed by atoms with Crippen LogP contribution >= 0.6 is 11.8 Å². The molecule has 0 saturated heterocycles. The first kappa shape index (κ1) is 17.3. The number of nitrogens with zero attached hydrogens (tertiary/aromatic N) is 3. The van der Waals surface area contributed by atoms with E-state index in [0.29, 0.717) is 24.1 Å². The highest BCUT2D eigenvalue weighted by atomic mass is 32.2. The quantitative estimate of drug-likeness (QED) is 0.215. The van der Waals surface area contributed by atoms with Gasteiger partial charge in [-0.1, -0.05) is 24.3 Å². The standard InChI is InChI=1S/C19H15N3O4S/c23-19-21(16-12-14(22(24)25)7-8-17(16)26-19)10-3-11-27-18-9-6-13-4-1-2-5-15(13)20-18/h1-2,4-9,12H,3,10-11H2. The van der Waals surface area contributed by atoms with E-state index in [-0.39, 0.29) is 5.69 Å². The zero-order chi connectivity index (χ0) is 18.8. The number of rotatable bonds is 6. The number of nitro groups is 1. The van der Waals surface area contributed by atoms with Crippen molar-refractivity contribution < 1.29 is 9.34 Å². The van der Waals surface area contributed by atoms with Crippen molar-refractivity contribution in [2.24, 2.45) is 0 Å². The first-order valence-electron chi connectivity index (χ1n) is 8.38. The van der Waals surface area contributed by atoms with Crippen molar-refractivity contribution >= 4 is 39.5 Å². The van der Waals surface area contributed by atoms with Crippen LogP contribution in [0.15, 0.2) is 68.8 Å². The van der Waals surface area contributed by atoms with Crippen LogP contribution in [0, 0.1) is 10.1 Å². The fourth-order valence-electron chi connectivity index (χ4n) is 2.90. The molecule has 2 aromatic carbocycles. The number of nitro benzene ring substituents is 1. The molecular formula is C19H15N3O4S. The molecule has 0 atom stereocenters. The Morgan fingerprint density at radius 3 is 2.85 bits per heavy atom. The van der Waals surface area contributed by atoms with Crippen LogP contribution in [0.1, 0.15) is 6.42 Å². The molecule has 136 valence electrons. The number of oxazole rings is 1. The van der Waals surface area contributed by atoms with Gasteiger partial charge < -0.3 is 4.42 Å². The first-order valence-corrected chi connectivity index (χ1v) is 9.37. The van der Waals surface area contributed by atoms with Gasteiger partial charge in [0.2, 0.25) is 0 Å². The maximum absolute atomic E-state index is 12.0. The number of hydrogen-bond donors (Lipinski definition) is 0. The van der Waals surface area contributed by atoms with E-state index in [0.717, 1.165) is 21.7 Å². The maximum Gasteiger partial charge on any atom is 0.419 e. The minimum absolute atomic E-state index is 0.0632. The van der Waals surface area contributed by atoms with Gasteiger partial charge in [0.1, 0.15) is 0 Å². The summed E-state index contributed by atoms with van der Waals surface area (Å²) in [5.41, 5.74) is 1.69. The highest BCUT2D eigenvalue weighted by molar-refractivity contribution is 7.99. The molecule has 0 unspecified atom stereocenters. The molecule has 0 bridgehead atoms. The predicted molar refractivity (Wildman–Crippen MR) is 104 cm³/mol. The Morgan fingerprint density at radius 1 is 1.15 bits per heavy atom. The molecule has 2 heterocycles. The van der Waals surface area contributed by atoms with Crippen LogP contribution in [0.2, 0.25) is 0 Å². The molecule has 2 aromatic heterocycles. The SMILES string of the molecule is O=c1oc2ccc([N+](=O)[O-])cc2n1CCCSc1ccc2ccccc2n1. The summed E-state index contributed by atoms with van der Waals surface area (Å²) < 4.78 is 6.60. The summed E-state index contributed by atoms with van der Waals surface area (Å²) in [6.45, 7) is 0.424. The number of aromatic nitrogens is 2. The fourth-order valence-corrected chi connectivity index (χ4v) is 3.71. The summed E-state index contributed by atoms with van der Waals surface area (Å²) in [4.78, 5) is 27.1. The van der Waals surface area contributed by atoms with Gasteiger partial charge in [0.25, 0.3) is 5.69 Å². The molecule has 0 aliphatic heterocycles. The lowest BCUT2D eigenvalue weighted by molar-refractivity contribution is -0.384. The highest BCUT2D eigenvalue weighted by Gasteiger charge is 2.14. The average molecular weight is 381 g/mol. The molecule has 0 aliphatic carbocycles. The van der Waals surface area contributed by atoms with Crippen LogP contribution < -0.4 is 5.76 Å². The summed E-state index contributed by atoms with van der Waals surface area (Å²) >= 11 is 1.61. The number of aryl methyl sites for hydroxylation is 1. The van der Waals surface area contributed by atoms with Gasteiger partial charge in [0.15, 0.2) is 5.58 Å². The molecular weight excluding hydrogens is 366 g/mol. The van der Waals surface area contributed by atoms with Gasteiger partial charge in [-0.15, -0.1) is 11.8 Å². The van der Waals surface area contributed by atoms with Gasteiger partial charge in [0, 0.05) is 29.8 Å². The third kappa shape index (κ3) is 3.56. The van der Waals surface area contributed by atoms with Crippen molar-refractivity contribution in [1.29, 1.82) is 0 Å². The number of pyridine rings is 1. The number of hydrogen-bond acceptors (Lipinski definition) is 6. The molecule has 7 nitrogen and oxygen atoms in total. The molecule has 8 heteroatoms. The molecule has 0 spiro atoms. The van der Waals surface area contributed by atoms with Crippen molar-refractivity contribution in [1.82, 2.24) is 9.55 Å². The second kappa shape index (κ2) is 7.24. The van der Waals surface area contributed by atoms with E-state index >= 15 is 0 Å². The summed E-state index contributed by atoms with van der Waals surface area (Å²) in [6.07, 6.45) is 0.705. The summed E-state index contributed by atoms with van der Waals surface area (Å²) in [5.74, 6) is 0.263. The van der Waals surface area contributed by atoms with Crippen LogP contribution in [0.4, 0.5) is 5.69 Å². The van der Waals surface area contributed by atoms with Crippen molar-refractivity contribution in [2.75, 3.05) is 5.75 Å². The van der Waals surface area contributed by atoms with Gasteiger partial charge in [-0.25, -0.2) is 9.78 Å². The van der Waals surface area contributed by atoms with Gasteiger partial charge in [0.05, 0.1) is 21.0 Å². The van der Waals surface area contributed by atoms with Crippen LogP contribution in [0.25, 0.3) is 22.0 Å². The second-order valence-corrected chi connectivity index (χ2v) is 7.09. The van der Waals surface area contributed by atoms with Crippen LogP contribution in [-0.2, 0) is 6.54 Å². The lowest BCUT2D eigenvalue weighted by Gasteiger charge is -2.04. The summed E-state index contributed by atoms with van der Waals surface area (Å²) in [7, 11) is 0. The first-order chi connectivity index (χ1) is 13.1. The molecule has 0 N–H and O–H groups in total. The zero-order valence-electron chi connectivity index (χ0n) is 14.2. The molecule has 0 radical (unpaired) electrons. The number of non-ortho nitro benzene ring substituents is 1. The third-order valence-corrected chi connectivity index (χ3v) is 5.23. The Labute approximate surface area is 157 Å². The zero-order valence-corrected chi connectivity index (χ0v) is 15.0. The Kier molecular flexibility index (Phi) is 4.64. The average Bonchev–Trinajstić information content (AvgIpc) is 2.99. The van der Waals surface area contributed by atoms with Gasteiger partial charge in [-0.3, -0.25) is 14.7 Å². The van der Waals surface area contributed by atoms with Crippen molar-refractivity contribution in [3.05, 3.63) is 75.3 Å². The molecule has 0 amide bonds. The van der Waals surface area contributed by atoms with Gasteiger partial charge in [-0.2, -0.15) is 0 Å². The minimum atomic E-state index is -0.501. The second-order valence-electron chi connectivity index (χ2n) is 5.97. The summed E-state index contributed by atoms with van der Waals surface area (Å²) in [5, 5.41) is 13.0. The molecule has 4 aromatic rings. The van der Waals surface area contributed by atoms with E-state index in [1.807, 2.05) is 36.4 Å². The smallest absolute Gasteiger partial charge is 0.408 e. The largest absolute Gasteiger partial charge is 0.419 e. The van der Waals surface area contributed by atoms with Crippen LogP contribution in [-0.4, -0.2) is 20.2 Å². The highest BCUT2D eigenvalue weighted by Crippen LogP contribution is 2.22. The van der Waals surface area contributed by atoms with E-state index in [9.17, 15) is 14.9 Å². The van der Waals surface area contributed by atoms with E-state index in [4.69, 9.17) is 4.42 Å². The number of fused-ring (bicyclic) bond motifs is 2. The van der Waals surface area contributed by atoms with Crippen molar-refractivity contribution in [2.45, 2.75) is 18.0 Å². The van der Waals surface area contributed by atoms with E-state index in [1.54, 1.807) is 11.8 Å². The fraction of sp³-hybridized carbons (Fsp3) is 0.158. The van der Waals surface area contributed by atoms with Crippen molar-refractivity contribution in [3.63, 3.8) is 0 Å². The molecule has 0 aliphatic rings. The van der Waals surface area contributed by atoms with E-state index in [2.05, 4.69) is 4.98 Å². The number of para-hydroxylation sites is 1. The Balaban J connectivity index is 1.45. The Bertz CT molecular complexity index is 1200. The van der Waals surface area contributed by atoms with E-state index in [1.165, 1.54) is 22.8 Å². The van der Waals surface area contributed by atoms with Crippen LogP contribution in [0.5, 0.6) is 0 Å². The number of thioether (sulfide) groups is 1. The lowest BCUT2D eigenvalue weighted by Crippen LogP contribution is -2.14. The van der Waals surface area contributed by atoms with E-state index < -0.39 is 10.7 Å². The Morgan fingerprint density at radius 2 is 2.00 bits per heavy atom. The van der Waals surface area contributed by atoms with Gasteiger partial charge >= 0.3 is 5.76 Å². The number of benzene rings is 2. The molecule has 0 fully saturated rings. The lowest BCUT2D eigenvalue weighted by atomic mass is 10.2.